The smallest absolute Gasteiger partial charge is 0.163 e. The molecule has 1 heterocycles. The van der Waals surface area contributed by atoms with E-state index in [1.54, 1.807) is 0 Å². The number of hydrogen-bond donors (Lipinski definition) is 2. The summed E-state index contributed by atoms with van der Waals surface area (Å²) in [6.07, 6.45) is 6.02. The van der Waals surface area contributed by atoms with Gasteiger partial charge in [0.25, 0.3) is 0 Å². The zero-order chi connectivity index (χ0) is 16.2. The number of methoxy groups -OCH3 is 1. The molecule has 0 aromatic heterocycles. The molecule has 1 saturated carbocycles. The minimum atomic E-state index is -0.342. The van der Waals surface area contributed by atoms with E-state index in [1.807, 2.05) is 0 Å². The molecule has 1 aromatic carbocycles. The molecule has 1 aromatic rings. The molecule has 0 unspecified atom stereocenters. The number of rotatable bonds is 4. The van der Waals surface area contributed by atoms with Crippen LogP contribution in [0.25, 0.3) is 0 Å². The van der Waals surface area contributed by atoms with Gasteiger partial charge in [0.2, 0.25) is 0 Å². The molecule has 128 valence electrons. The third-order valence-corrected chi connectivity index (χ3v) is 5.25. The first-order valence-electron chi connectivity index (χ1n) is 8.72. The molecular formula is C18H27FN2O2. The van der Waals surface area contributed by atoms with E-state index in [0.29, 0.717) is 11.5 Å². The lowest BCUT2D eigenvalue weighted by Crippen LogP contribution is -2.47. The Morgan fingerprint density at radius 2 is 1.91 bits per heavy atom. The zero-order valence-corrected chi connectivity index (χ0v) is 13.9. The first-order valence-corrected chi connectivity index (χ1v) is 8.72. The van der Waals surface area contributed by atoms with E-state index in [-0.39, 0.29) is 23.4 Å². The number of nitrogens with zero attached hydrogens (tertiary/aromatic N) is 1. The van der Waals surface area contributed by atoms with Crippen LogP contribution in [0.1, 0.15) is 43.7 Å². The van der Waals surface area contributed by atoms with E-state index in [1.165, 1.54) is 38.5 Å². The monoisotopic (exact) mass is 322 g/mol. The second-order valence-corrected chi connectivity index (χ2v) is 6.67. The normalized spacial score (nSPS) is 22.0. The summed E-state index contributed by atoms with van der Waals surface area (Å²) in [5.41, 5.74) is 0.690. The first kappa shape index (κ1) is 16.5. The highest BCUT2D eigenvalue weighted by atomic mass is 19.1. The molecule has 1 aliphatic heterocycles. The summed E-state index contributed by atoms with van der Waals surface area (Å²) >= 11 is 0. The molecule has 5 heteroatoms. The summed E-state index contributed by atoms with van der Waals surface area (Å²) in [5, 5.41) is 14.0. The van der Waals surface area contributed by atoms with E-state index in [2.05, 4.69) is 10.2 Å². The van der Waals surface area contributed by atoms with Crippen LogP contribution in [0.3, 0.4) is 0 Å². The number of phenolic OH excluding ortho intramolecular Hbond substituents is 1. The van der Waals surface area contributed by atoms with Gasteiger partial charge in [0.05, 0.1) is 7.11 Å². The minimum absolute atomic E-state index is 0.0713. The van der Waals surface area contributed by atoms with Gasteiger partial charge in [0.15, 0.2) is 11.5 Å². The lowest BCUT2D eigenvalue weighted by Gasteiger charge is -2.41. The van der Waals surface area contributed by atoms with Crippen molar-refractivity contribution in [1.82, 2.24) is 10.2 Å². The van der Waals surface area contributed by atoms with E-state index >= 15 is 0 Å². The topological polar surface area (TPSA) is 44.7 Å². The van der Waals surface area contributed by atoms with Gasteiger partial charge < -0.3 is 15.2 Å². The van der Waals surface area contributed by atoms with Crippen LogP contribution in [0.15, 0.2) is 12.1 Å². The van der Waals surface area contributed by atoms with Gasteiger partial charge in [-0.3, -0.25) is 4.90 Å². The van der Waals surface area contributed by atoms with Crippen molar-refractivity contribution in [3.63, 3.8) is 0 Å². The molecule has 0 spiro atoms. The summed E-state index contributed by atoms with van der Waals surface area (Å²) in [5.74, 6) is 0.462. The van der Waals surface area contributed by atoms with Crippen molar-refractivity contribution in [3.05, 3.63) is 23.5 Å². The molecule has 2 fully saturated rings. The highest BCUT2D eigenvalue weighted by Crippen LogP contribution is 2.44. The largest absolute Gasteiger partial charge is 0.504 e. The number of phenols is 1. The number of benzene rings is 1. The number of hydrogen-bond acceptors (Lipinski definition) is 4. The van der Waals surface area contributed by atoms with Crippen LogP contribution >= 0.6 is 0 Å². The van der Waals surface area contributed by atoms with Crippen molar-refractivity contribution in [2.75, 3.05) is 33.3 Å². The molecular weight excluding hydrogens is 295 g/mol. The summed E-state index contributed by atoms with van der Waals surface area (Å²) in [6.45, 7) is 3.74. The van der Waals surface area contributed by atoms with Crippen LogP contribution in [-0.2, 0) is 0 Å². The van der Waals surface area contributed by atoms with Gasteiger partial charge in [0, 0.05) is 43.9 Å². The second kappa shape index (κ2) is 7.49. The fraction of sp³-hybridized carbons (Fsp3) is 0.667. The molecule has 0 bridgehead atoms. The van der Waals surface area contributed by atoms with Crippen molar-refractivity contribution in [2.45, 2.75) is 38.1 Å². The van der Waals surface area contributed by atoms with Crippen LogP contribution < -0.4 is 10.1 Å². The van der Waals surface area contributed by atoms with Crippen LogP contribution in [0, 0.1) is 11.7 Å². The van der Waals surface area contributed by atoms with Crippen molar-refractivity contribution >= 4 is 0 Å². The number of piperazine rings is 1. The number of aromatic hydroxyl groups is 1. The average molecular weight is 322 g/mol. The predicted octanol–water partition coefficient (Wildman–Crippen LogP) is 3.07. The molecule has 1 aliphatic carbocycles. The average Bonchev–Trinajstić information content (AvgIpc) is 2.60. The minimum Gasteiger partial charge on any atom is -0.504 e. The standard InChI is InChI=1S/C18H27FN2O2/c1-23-16-12-14(19)11-15(18(16)22)17(13-5-3-2-4-6-13)21-9-7-20-8-10-21/h11-13,17,20,22H,2-10H2,1H3/t17-/m0/s1. The quantitative estimate of drug-likeness (QED) is 0.894. The van der Waals surface area contributed by atoms with Crippen molar-refractivity contribution in [2.24, 2.45) is 5.92 Å². The van der Waals surface area contributed by atoms with Gasteiger partial charge in [-0.1, -0.05) is 19.3 Å². The second-order valence-electron chi connectivity index (χ2n) is 6.67. The highest BCUT2D eigenvalue weighted by Gasteiger charge is 2.33. The Bertz CT molecular complexity index is 508. The number of ether oxygens (including phenoxy) is 1. The molecule has 0 amide bonds. The maximum atomic E-state index is 14.1. The maximum Gasteiger partial charge on any atom is 0.163 e. The zero-order valence-electron chi connectivity index (χ0n) is 13.9. The Labute approximate surface area is 137 Å². The number of halogens is 1. The maximum absolute atomic E-state index is 14.1. The SMILES string of the molecule is COc1cc(F)cc([C@H](C2CCCCC2)N2CCNCC2)c1O. The Morgan fingerprint density at radius 3 is 2.57 bits per heavy atom. The predicted molar refractivity (Wildman–Crippen MR) is 88.4 cm³/mol. The lowest BCUT2D eigenvalue weighted by atomic mass is 9.79. The molecule has 1 saturated heterocycles. The van der Waals surface area contributed by atoms with Gasteiger partial charge >= 0.3 is 0 Å². The first-order chi connectivity index (χ1) is 11.2. The van der Waals surface area contributed by atoms with Crippen molar-refractivity contribution in [1.29, 1.82) is 0 Å². The Kier molecular flexibility index (Phi) is 5.38. The highest BCUT2D eigenvalue weighted by molar-refractivity contribution is 5.47. The molecule has 3 rings (SSSR count). The summed E-state index contributed by atoms with van der Waals surface area (Å²) in [6, 6.07) is 2.83. The van der Waals surface area contributed by atoms with Crippen LogP contribution in [-0.4, -0.2) is 43.3 Å². The van der Waals surface area contributed by atoms with Crippen LogP contribution in [0.4, 0.5) is 4.39 Å². The van der Waals surface area contributed by atoms with Gasteiger partial charge in [-0.2, -0.15) is 0 Å². The molecule has 0 radical (unpaired) electrons. The molecule has 1 atom stereocenters. The lowest BCUT2D eigenvalue weighted by molar-refractivity contribution is 0.101. The fourth-order valence-corrected chi connectivity index (χ4v) is 4.13. The Balaban J connectivity index is 1.98. The fourth-order valence-electron chi connectivity index (χ4n) is 4.13. The van der Waals surface area contributed by atoms with E-state index < -0.39 is 0 Å². The Morgan fingerprint density at radius 1 is 1.22 bits per heavy atom. The van der Waals surface area contributed by atoms with E-state index in [4.69, 9.17) is 4.74 Å². The third-order valence-electron chi connectivity index (χ3n) is 5.25. The summed E-state index contributed by atoms with van der Waals surface area (Å²) in [7, 11) is 1.47. The summed E-state index contributed by atoms with van der Waals surface area (Å²) in [4.78, 5) is 2.40. The van der Waals surface area contributed by atoms with Crippen LogP contribution in [0.5, 0.6) is 11.5 Å². The summed E-state index contributed by atoms with van der Waals surface area (Å²) < 4.78 is 19.2. The van der Waals surface area contributed by atoms with Crippen molar-refractivity contribution < 1.29 is 14.2 Å². The molecule has 4 nitrogen and oxygen atoms in total. The van der Waals surface area contributed by atoms with E-state index in [0.717, 1.165) is 39.0 Å². The molecule has 2 aliphatic rings. The molecule has 2 N–H and O–H groups in total. The van der Waals surface area contributed by atoms with Gasteiger partial charge in [0.1, 0.15) is 5.82 Å². The Hall–Kier alpha value is -1.33. The van der Waals surface area contributed by atoms with Crippen molar-refractivity contribution in [3.8, 4) is 11.5 Å². The van der Waals surface area contributed by atoms with Gasteiger partial charge in [-0.15, -0.1) is 0 Å². The van der Waals surface area contributed by atoms with Gasteiger partial charge in [-0.25, -0.2) is 4.39 Å². The molecule has 23 heavy (non-hydrogen) atoms. The number of nitrogens with one attached hydrogen (secondary N) is 1. The van der Waals surface area contributed by atoms with Crippen LogP contribution in [0.2, 0.25) is 0 Å². The van der Waals surface area contributed by atoms with E-state index in [9.17, 15) is 9.50 Å². The van der Waals surface area contributed by atoms with Gasteiger partial charge in [-0.05, 0) is 24.8 Å². The third kappa shape index (κ3) is 3.61.